The molecule has 0 saturated carbocycles. The third-order valence-corrected chi connectivity index (χ3v) is 6.89. The molecule has 0 N–H and O–H groups in total. The quantitative estimate of drug-likeness (QED) is 0.254. The van der Waals surface area contributed by atoms with Gasteiger partial charge in [0.15, 0.2) is 5.65 Å². The minimum atomic E-state index is 0.785. The summed E-state index contributed by atoms with van der Waals surface area (Å²) in [4.78, 5) is 19.9. The summed E-state index contributed by atoms with van der Waals surface area (Å²) in [6.45, 7) is 0. The Morgan fingerprint density at radius 3 is 2.00 bits per heavy atom. The summed E-state index contributed by atoms with van der Waals surface area (Å²) in [7, 11) is 4.07. The maximum absolute atomic E-state index is 5.06. The van der Waals surface area contributed by atoms with Crippen LogP contribution in [0.1, 0.15) is 0 Å². The highest BCUT2D eigenvalue weighted by Crippen LogP contribution is 2.27. The first kappa shape index (κ1) is 20.5. The van der Waals surface area contributed by atoms with E-state index >= 15 is 0 Å². The van der Waals surface area contributed by atoms with E-state index in [0.29, 0.717) is 0 Å². The van der Waals surface area contributed by atoms with Gasteiger partial charge in [0, 0.05) is 41.8 Å². The summed E-state index contributed by atoms with van der Waals surface area (Å²) in [5, 5.41) is 4.01. The molecule has 6 nitrogen and oxygen atoms in total. The van der Waals surface area contributed by atoms with Crippen molar-refractivity contribution in [3.63, 3.8) is 0 Å². The van der Waals surface area contributed by atoms with Crippen molar-refractivity contribution < 1.29 is 0 Å². The average molecular weight is 467 g/mol. The standard InChI is InChI=1S/C30H22N6/c1-35-26-16-8-12-21-20-10-3-5-13-23(20)31-17-19-9-7-15-25-28(19)34-30(36(25)2)22-11-4-6-14-24(22)32-18-27(35)33-29(21)26/h3-18H,1-2H3. The lowest BCUT2D eigenvalue weighted by molar-refractivity contribution is 0.997. The van der Waals surface area contributed by atoms with Crippen LogP contribution in [-0.4, -0.2) is 29.1 Å². The number of para-hydroxylation sites is 4. The normalized spacial score (nSPS) is 11.6. The Morgan fingerprint density at radius 2 is 1.17 bits per heavy atom. The van der Waals surface area contributed by atoms with Crippen LogP contribution in [0, 0.1) is 0 Å². The first-order valence-corrected chi connectivity index (χ1v) is 11.9. The molecular weight excluding hydrogens is 444 g/mol. The van der Waals surface area contributed by atoms with Gasteiger partial charge in [-0.15, -0.1) is 0 Å². The fraction of sp³-hybridized carbons (Fsp3) is 0.0667. The molecule has 0 aliphatic rings. The van der Waals surface area contributed by atoms with E-state index in [4.69, 9.17) is 19.9 Å². The Labute approximate surface area is 206 Å². The molecule has 0 unspecified atom stereocenters. The molecule has 36 heavy (non-hydrogen) atoms. The Kier molecular flexibility index (Phi) is 4.48. The van der Waals surface area contributed by atoms with Crippen LogP contribution < -0.4 is 0 Å². The molecule has 0 aliphatic carbocycles. The van der Waals surface area contributed by atoms with Gasteiger partial charge >= 0.3 is 0 Å². The molecule has 3 aromatic heterocycles. The summed E-state index contributed by atoms with van der Waals surface area (Å²) in [6, 6.07) is 28.8. The fourth-order valence-electron chi connectivity index (χ4n) is 5.00. The summed E-state index contributed by atoms with van der Waals surface area (Å²) < 4.78 is 4.20. The molecule has 6 heteroatoms. The monoisotopic (exact) mass is 466 g/mol. The smallest absolute Gasteiger partial charge is 0.152 e. The summed E-state index contributed by atoms with van der Waals surface area (Å²) in [5.74, 6) is 0. The molecule has 0 spiro atoms. The molecule has 7 rings (SSSR count). The molecule has 4 aromatic carbocycles. The van der Waals surface area contributed by atoms with Gasteiger partial charge in [0.2, 0.25) is 0 Å². The Balaban J connectivity index is 1.78. The van der Waals surface area contributed by atoms with E-state index in [0.717, 1.165) is 65.9 Å². The van der Waals surface area contributed by atoms with Crippen LogP contribution in [-0.2, 0) is 14.1 Å². The molecule has 4 bridgehead atoms. The summed E-state index contributed by atoms with van der Waals surface area (Å²) >= 11 is 0. The minimum absolute atomic E-state index is 0.785. The van der Waals surface area contributed by atoms with Crippen LogP contribution in [0.5, 0.6) is 0 Å². The van der Waals surface area contributed by atoms with Crippen molar-refractivity contribution in [1.82, 2.24) is 29.1 Å². The van der Waals surface area contributed by atoms with Gasteiger partial charge in [-0.25, -0.2) is 9.97 Å². The van der Waals surface area contributed by atoms with Crippen molar-refractivity contribution in [2.24, 2.45) is 14.1 Å². The third-order valence-electron chi connectivity index (χ3n) is 6.89. The van der Waals surface area contributed by atoms with E-state index in [1.807, 2.05) is 62.9 Å². The maximum Gasteiger partial charge on any atom is 0.152 e. The van der Waals surface area contributed by atoms with Crippen molar-refractivity contribution >= 4 is 65.9 Å². The van der Waals surface area contributed by atoms with Gasteiger partial charge in [-0.3, -0.25) is 9.97 Å². The second-order valence-electron chi connectivity index (χ2n) is 8.96. The second kappa shape index (κ2) is 7.85. The first-order chi connectivity index (χ1) is 17.7. The SMILES string of the molecule is Cn1c2cnc3ccccc3c3nc4c(cccc4n3C)cnc3ccccc3c3cccc1c3n2. The zero-order chi connectivity index (χ0) is 24.2. The van der Waals surface area contributed by atoms with Crippen molar-refractivity contribution in [2.75, 3.05) is 0 Å². The number of aryl methyl sites for hydroxylation is 2. The fourth-order valence-corrected chi connectivity index (χ4v) is 5.00. The number of hydrogen-bond donors (Lipinski definition) is 0. The highest BCUT2D eigenvalue weighted by molar-refractivity contribution is 6.09. The van der Waals surface area contributed by atoms with Crippen LogP contribution in [0.25, 0.3) is 65.9 Å². The van der Waals surface area contributed by atoms with Gasteiger partial charge in [-0.2, -0.15) is 0 Å². The van der Waals surface area contributed by atoms with E-state index in [9.17, 15) is 0 Å². The third kappa shape index (κ3) is 3.04. The van der Waals surface area contributed by atoms with Crippen LogP contribution in [0.4, 0.5) is 0 Å². The number of aromatic nitrogens is 6. The van der Waals surface area contributed by atoms with Gasteiger partial charge in [0.1, 0.15) is 5.65 Å². The first-order valence-electron chi connectivity index (χ1n) is 11.9. The summed E-state index contributed by atoms with van der Waals surface area (Å²) in [6.07, 6.45) is 3.75. The van der Waals surface area contributed by atoms with Gasteiger partial charge in [-0.1, -0.05) is 54.6 Å². The largest absolute Gasteiger partial charge is 0.327 e. The zero-order valence-electron chi connectivity index (χ0n) is 19.9. The molecule has 0 radical (unpaired) electrons. The lowest BCUT2D eigenvalue weighted by atomic mass is 10.1. The number of imidazole rings is 2. The van der Waals surface area contributed by atoms with E-state index in [-0.39, 0.29) is 0 Å². The lowest BCUT2D eigenvalue weighted by Gasteiger charge is -1.99. The van der Waals surface area contributed by atoms with Crippen molar-refractivity contribution in [2.45, 2.75) is 0 Å². The van der Waals surface area contributed by atoms with E-state index in [1.54, 1.807) is 0 Å². The van der Waals surface area contributed by atoms with Crippen molar-refractivity contribution in [3.05, 3.63) is 97.3 Å². The highest BCUT2D eigenvalue weighted by atomic mass is 15.1. The molecule has 0 atom stereocenters. The number of fused-ring (bicyclic) bond motifs is 6. The topological polar surface area (TPSA) is 61.4 Å². The van der Waals surface area contributed by atoms with E-state index in [1.165, 1.54) is 0 Å². The Morgan fingerprint density at radius 1 is 0.528 bits per heavy atom. The Bertz CT molecular complexity index is 2080. The lowest BCUT2D eigenvalue weighted by Crippen LogP contribution is -1.88. The molecule has 7 aromatic rings. The van der Waals surface area contributed by atoms with Crippen molar-refractivity contribution in [1.29, 1.82) is 0 Å². The van der Waals surface area contributed by atoms with Gasteiger partial charge in [0.25, 0.3) is 0 Å². The molecule has 0 fully saturated rings. The second-order valence-corrected chi connectivity index (χ2v) is 8.96. The van der Waals surface area contributed by atoms with Gasteiger partial charge in [0.05, 0.1) is 39.3 Å². The summed E-state index contributed by atoms with van der Waals surface area (Å²) in [5.41, 5.74) is 7.31. The number of benzene rings is 4. The predicted molar refractivity (Wildman–Crippen MR) is 147 cm³/mol. The predicted octanol–water partition coefficient (Wildman–Crippen LogP) is 6.55. The zero-order valence-corrected chi connectivity index (χ0v) is 19.9. The maximum atomic E-state index is 5.06. The van der Waals surface area contributed by atoms with Crippen LogP contribution in [0.3, 0.4) is 0 Å². The molecule has 3 heterocycles. The number of nitrogens with zero attached hydrogens (tertiary/aromatic N) is 6. The minimum Gasteiger partial charge on any atom is -0.327 e. The molecule has 0 aliphatic heterocycles. The molecule has 172 valence electrons. The van der Waals surface area contributed by atoms with Gasteiger partial charge in [-0.05, 0) is 30.3 Å². The van der Waals surface area contributed by atoms with E-state index in [2.05, 4.69) is 57.7 Å². The molecular formula is C30H22N6. The van der Waals surface area contributed by atoms with Crippen molar-refractivity contribution in [3.8, 4) is 0 Å². The molecule has 0 amide bonds. The molecule has 0 saturated heterocycles. The van der Waals surface area contributed by atoms with Crippen LogP contribution in [0.2, 0.25) is 0 Å². The highest BCUT2D eigenvalue weighted by Gasteiger charge is 2.10. The number of hydrogen-bond acceptors (Lipinski definition) is 4. The number of rotatable bonds is 0. The average Bonchev–Trinajstić information content (AvgIpc) is 3.43. The Hall–Kier alpha value is -4.84. The van der Waals surface area contributed by atoms with Gasteiger partial charge < -0.3 is 9.13 Å². The van der Waals surface area contributed by atoms with Crippen LogP contribution >= 0.6 is 0 Å². The van der Waals surface area contributed by atoms with Crippen LogP contribution in [0.15, 0.2) is 97.3 Å². The van der Waals surface area contributed by atoms with E-state index < -0.39 is 0 Å².